The van der Waals surface area contributed by atoms with E-state index < -0.39 is 5.97 Å². The van der Waals surface area contributed by atoms with Gasteiger partial charge in [0.2, 0.25) is 0 Å². The number of aliphatic carboxylic acids is 1. The van der Waals surface area contributed by atoms with Gasteiger partial charge in [-0.25, -0.2) is 0 Å². The third-order valence-corrected chi connectivity index (χ3v) is 3.49. The normalized spacial score (nSPS) is 25.7. The van der Waals surface area contributed by atoms with Crippen LogP contribution in [0.1, 0.15) is 25.0 Å². The fourth-order valence-electron chi connectivity index (χ4n) is 2.33. The summed E-state index contributed by atoms with van der Waals surface area (Å²) >= 11 is 3.24. The molecule has 15 heavy (non-hydrogen) atoms. The Bertz CT molecular complexity index is 358. The lowest BCUT2D eigenvalue weighted by atomic mass is 9.92. The van der Waals surface area contributed by atoms with Gasteiger partial charge in [-0.05, 0) is 46.8 Å². The summed E-state index contributed by atoms with van der Waals surface area (Å²) in [6.07, 6.45) is 3.56. The van der Waals surface area contributed by atoms with Gasteiger partial charge in [-0.15, -0.1) is 0 Å². The van der Waals surface area contributed by atoms with Gasteiger partial charge in [0.05, 0.1) is 5.92 Å². The number of carboxylic acid groups (broad SMARTS) is 1. The first-order chi connectivity index (χ1) is 7.16. The van der Waals surface area contributed by atoms with Crippen LogP contribution in [0.15, 0.2) is 21.2 Å². The van der Waals surface area contributed by atoms with Crippen molar-refractivity contribution in [2.45, 2.75) is 25.7 Å². The molecule has 4 heteroatoms. The quantitative estimate of drug-likeness (QED) is 0.920. The van der Waals surface area contributed by atoms with E-state index in [1.54, 1.807) is 0 Å². The molecule has 1 aliphatic rings. The third-order valence-electron chi connectivity index (χ3n) is 3.07. The van der Waals surface area contributed by atoms with Gasteiger partial charge >= 0.3 is 5.97 Å². The Morgan fingerprint density at radius 2 is 2.33 bits per heavy atom. The number of hydrogen-bond acceptors (Lipinski definition) is 2. The van der Waals surface area contributed by atoms with Crippen molar-refractivity contribution in [2.75, 3.05) is 0 Å². The van der Waals surface area contributed by atoms with E-state index in [0.29, 0.717) is 4.67 Å². The Labute approximate surface area is 96.6 Å². The topological polar surface area (TPSA) is 50.4 Å². The molecule has 1 aromatic rings. The average molecular weight is 273 g/mol. The summed E-state index contributed by atoms with van der Waals surface area (Å²) in [6.45, 7) is 0. The van der Waals surface area contributed by atoms with Crippen LogP contribution in [0.3, 0.4) is 0 Å². The number of rotatable bonds is 3. The van der Waals surface area contributed by atoms with Crippen molar-refractivity contribution in [3.05, 3.63) is 22.6 Å². The minimum absolute atomic E-state index is 0.186. The minimum atomic E-state index is -0.664. The molecule has 1 fully saturated rings. The maximum absolute atomic E-state index is 11.0. The summed E-state index contributed by atoms with van der Waals surface area (Å²) in [5.41, 5.74) is 0. The van der Waals surface area contributed by atoms with E-state index >= 15 is 0 Å². The lowest BCUT2D eigenvalue weighted by Crippen LogP contribution is -2.19. The molecule has 0 radical (unpaired) electrons. The minimum Gasteiger partial charge on any atom is -0.481 e. The molecule has 3 nitrogen and oxygen atoms in total. The van der Waals surface area contributed by atoms with Gasteiger partial charge in [0.1, 0.15) is 5.76 Å². The van der Waals surface area contributed by atoms with Crippen molar-refractivity contribution in [3.8, 4) is 0 Å². The molecule has 0 aliphatic heterocycles. The fraction of sp³-hybridized carbons (Fsp3) is 0.545. The van der Waals surface area contributed by atoms with E-state index in [1.807, 2.05) is 12.1 Å². The van der Waals surface area contributed by atoms with E-state index in [2.05, 4.69) is 15.9 Å². The van der Waals surface area contributed by atoms with Crippen LogP contribution in [0, 0.1) is 11.8 Å². The number of furan rings is 1. The second-order valence-corrected chi connectivity index (χ2v) is 4.83. The van der Waals surface area contributed by atoms with Crippen molar-refractivity contribution >= 4 is 21.9 Å². The molecule has 0 spiro atoms. The van der Waals surface area contributed by atoms with Crippen molar-refractivity contribution in [1.82, 2.24) is 0 Å². The maximum atomic E-state index is 11.0. The number of hydrogen-bond donors (Lipinski definition) is 1. The smallest absolute Gasteiger partial charge is 0.306 e. The van der Waals surface area contributed by atoms with Crippen LogP contribution >= 0.6 is 15.9 Å². The Morgan fingerprint density at radius 1 is 1.53 bits per heavy atom. The van der Waals surface area contributed by atoms with Crippen molar-refractivity contribution in [1.29, 1.82) is 0 Å². The first-order valence-corrected chi connectivity index (χ1v) is 5.93. The molecule has 82 valence electrons. The molecule has 1 aliphatic carbocycles. The van der Waals surface area contributed by atoms with Crippen LogP contribution in [0.4, 0.5) is 0 Å². The summed E-state index contributed by atoms with van der Waals surface area (Å²) < 4.78 is 6.11. The summed E-state index contributed by atoms with van der Waals surface area (Å²) in [6, 6.07) is 3.75. The highest BCUT2D eigenvalue weighted by molar-refractivity contribution is 9.10. The first kappa shape index (κ1) is 10.7. The van der Waals surface area contributed by atoms with Gasteiger partial charge in [-0.1, -0.05) is 6.42 Å². The second-order valence-electron chi connectivity index (χ2n) is 4.05. The van der Waals surface area contributed by atoms with Crippen LogP contribution in [-0.4, -0.2) is 11.1 Å². The standard InChI is InChI=1S/C11H13BrO3/c12-10-5-4-8(15-10)6-7-2-1-3-9(7)11(13)14/h4-5,7,9H,1-3,6H2,(H,13,14). The van der Waals surface area contributed by atoms with Gasteiger partial charge in [0, 0.05) is 6.42 Å². The van der Waals surface area contributed by atoms with E-state index in [9.17, 15) is 4.79 Å². The molecule has 0 bridgehead atoms. The van der Waals surface area contributed by atoms with Gasteiger partial charge in [-0.2, -0.15) is 0 Å². The molecule has 0 aromatic carbocycles. The van der Waals surface area contributed by atoms with E-state index in [-0.39, 0.29) is 11.8 Å². The van der Waals surface area contributed by atoms with Gasteiger partial charge in [0.15, 0.2) is 4.67 Å². The molecular weight excluding hydrogens is 260 g/mol. The summed E-state index contributed by atoms with van der Waals surface area (Å²) in [7, 11) is 0. The zero-order valence-electron chi connectivity index (χ0n) is 8.28. The van der Waals surface area contributed by atoms with Crippen molar-refractivity contribution in [2.24, 2.45) is 11.8 Å². The van der Waals surface area contributed by atoms with Crippen molar-refractivity contribution < 1.29 is 14.3 Å². The van der Waals surface area contributed by atoms with Gasteiger partial charge in [0.25, 0.3) is 0 Å². The summed E-state index contributed by atoms with van der Waals surface area (Å²) in [4.78, 5) is 11.0. The number of carbonyl (C=O) groups is 1. The van der Waals surface area contributed by atoms with Gasteiger partial charge in [-0.3, -0.25) is 4.79 Å². The Balaban J connectivity index is 2.02. The Morgan fingerprint density at radius 3 is 2.93 bits per heavy atom. The van der Waals surface area contributed by atoms with E-state index in [0.717, 1.165) is 31.4 Å². The number of carboxylic acids is 1. The van der Waals surface area contributed by atoms with Crippen LogP contribution < -0.4 is 0 Å². The zero-order valence-corrected chi connectivity index (χ0v) is 9.87. The molecule has 0 amide bonds. The molecule has 2 unspecified atom stereocenters. The van der Waals surface area contributed by atoms with E-state index in [1.165, 1.54) is 0 Å². The highest BCUT2D eigenvalue weighted by Crippen LogP contribution is 2.34. The highest BCUT2D eigenvalue weighted by atomic mass is 79.9. The summed E-state index contributed by atoms with van der Waals surface area (Å²) in [5.74, 6) is 0.262. The third kappa shape index (κ3) is 2.43. The molecule has 1 aromatic heterocycles. The van der Waals surface area contributed by atoms with E-state index in [4.69, 9.17) is 9.52 Å². The largest absolute Gasteiger partial charge is 0.481 e. The lowest BCUT2D eigenvalue weighted by molar-refractivity contribution is -0.142. The zero-order chi connectivity index (χ0) is 10.8. The summed E-state index contributed by atoms with van der Waals surface area (Å²) in [5, 5.41) is 9.03. The van der Waals surface area contributed by atoms with Crippen molar-refractivity contribution in [3.63, 3.8) is 0 Å². The molecule has 2 rings (SSSR count). The van der Waals surface area contributed by atoms with Crippen LogP contribution in [0.25, 0.3) is 0 Å². The predicted molar refractivity (Wildman–Crippen MR) is 58.6 cm³/mol. The SMILES string of the molecule is O=C(O)C1CCCC1Cc1ccc(Br)o1. The predicted octanol–water partition coefficient (Wildman–Crippen LogP) is 3.09. The molecular formula is C11H13BrO3. The Kier molecular flexibility index (Phi) is 3.14. The fourth-order valence-corrected chi connectivity index (χ4v) is 2.67. The van der Waals surface area contributed by atoms with Gasteiger partial charge < -0.3 is 9.52 Å². The lowest BCUT2D eigenvalue weighted by Gasteiger charge is -2.13. The molecule has 1 heterocycles. The second kappa shape index (κ2) is 4.39. The molecule has 1 saturated carbocycles. The Hall–Kier alpha value is -0.770. The van der Waals surface area contributed by atoms with Crippen LogP contribution in [-0.2, 0) is 11.2 Å². The molecule has 0 saturated heterocycles. The average Bonchev–Trinajstić information content (AvgIpc) is 2.75. The van der Waals surface area contributed by atoms with Crippen LogP contribution in [0.2, 0.25) is 0 Å². The molecule has 1 N–H and O–H groups in total. The number of halogens is 1. The van der Waals surface area contributed by atoms with Crippen LogP contribution in [0.5, 0.6) is 0 Å². The maximum Gasteiger partial charge on any atom is 0.306 e. The first-order valence-electron chi connectivity index (χ1n) is 5.14. The molecule has 2 atom stereocenters. The monoisotopic (exact) mass is 272 g/mol. The highest BCUT2D eigenvalue weighted by Gasteiger charge is 2.33.